The van der Waals surface area contributed by atoms with Crippen LogP contribution in [0.3, 0.4) is 0 Å². The second-order valence-electron chi connectivity index (χ2n) is 5.48. The highest BCUT2D eigenvalue weighted by atomic mass is 16.4. The van der Waals surface area contributed by atoms with Gasteiger partial charge in [0.15, 0.2) is 0 Å². The molecule has 0 aromatic heterocycles. The van der Waals surface area contributed by atoms with Gasteiger partial charge in [-0.15, -0.1) is 0 Å². The molecule has 2 N–H and O–H groups in total. The lowest BCUT2D eigenvalue weighted by Gasteiger charge is -2.37. The second kappa shape index (κ2) is 5.56. The first-order valence-corrected chi connectivity index (χ1v) is 6.28. The molecule has 104 valence electrons. The Morgan fingerprint density at radius 3 is 2.06 bits per heavy atom. The molecule has 0 aromatic rings. The molecular formula is C12H23N3O3. The number of rotatable bonds is 3. The molecule has 1 aliphatic rings. The molecule has 0 bridgehead atoms. The van der Waals surface area contributed by atoms with Crippen LogP contribution in [0.4, 0.5) is 4.79 Å². The molecular weight excluding hydrogens is 234 g/mol. The number of hydrogen-bond acceptors (Lipinski definition) is 3. The van der Waals surface area contributed by atoms with Gasteiger partial charge in [0.2, 0.25) is 0 Å². The SMILES string of the molecule is CC(C)N1CCN(C(=O)NC(C)(C)C(=O)O)CC1. The van der Waals surface area contributed by atoms with E-state index in [0.29, 0.717) is 19.1 Å². The summed E-state index contributed by atoms with van der Waals surface area (Å²) in [6.45, 7) is 10.2. The van der Waals surface area contributed by atoms with Crippen LogP contribution in [0, 0.1) is 0 Å². The largest absolute Gasteiger partial charge is 0.480 e. The third kappa shape index (κ3) is 3.60. The van der Waals surface area contributed by atoms with Crippen LogP contribution in [-0.4, -0.2) is 64.7 Å². The van der Waals surface area contributed by atoms with E-state index in [9.17, 15) is 9.59 Å². The summed E-state index contributed by atoms with van der Waals surface area (Å²) in [5.74, 6) is -1.03. The van der Waals surface area contributed by atoms with Crippen LogP contribution in [0.15, 0.2) is 0 Å². The molecule has 6 nitrogen and oxygen atoms in total. The van der Waals surface area contributed by atoms with Crippen molar-refractivity contribution in [2.24, 2.45) is 0 Å². The molecule has 0 saturated carbocycles. The Morgan fingerprint density at radius 2 is 1.67 bits per heavy atom. The van der Waals surface area contributed by atoms with E-state index in [1.165, 1.54) is 13.8 Å². The number of urea groups is 1. The maximum Gasteiger partial charge on any atom is 0.328 e. The summed E-state index contributed by atoms with van der Waals surface area (Å²) >= 11 is 0. The Hall–Kier alpha value is -1.30. The molecule has 0 atom stereocenters. The van der Waals surface area contributed by atoms with E-state index in [-0.39, 0.29) is 6.03 Å². The lowest BCUT2D eigenvalue weighted by atomic mass is 10.1. The van der Waals surface area contributed by atoms with Gasteiger partial charge in [0, 0.05) is 32.2 Å². The zero-order valence-corrected chi connectivity index (χ0v) is 11.6. The van der Waals surface area contributed by atoms with Gasteiger partial charge in [0.25, 0.3) is 0 Å². The van der Waals surface area contributed by atoms with Crippen molar-refractivity contribution in [3.8, 4) is 0 Å². The van der Waals surface area contributed by atoms with Crippen LogP contribution in [-0.2, 0) is 4.79 Å². The fraction of sp³-hybridized carbons (Fsp3) is 0.833. The smallest absolute Gasteiger partial charge is 0.328 e. The Labute approximate surface area is 108 Å². The Morgan fingerprint density at radius 1 is 1.17 bits per heavy atom. The Bertz CT molecular complexity index is 321. The lowest BCUT2D eigenvalue weighted by Crippen LogP contribution is -2.58. The van der Waals surface area contributed by atoms with E-state index < -0.39 is 11.5 Å². The van der Waals surface area contributed by atoms with Crippen LogP contribution >= 0.6 is 0 Å². The van der Waals surface area contributed by atoms with Crippen molar-refractivity contribution < 1.29 is 14.7 Å². The van der Waals surface area contributed by atoms with Gasteiger partial charge in [-0.2, -0.15) is 0 Å². The fourth-order valence-electron chi connectivity index (χ4n) is 1.84. The minimum absolute atomic E-state index is 0.300. The highest BCUT2D eigenvalue weighted by Gasteiger charge is 2.32. The number of carboxylic acids is 1. The average Bonchev–Trinajstić information content (AvgIpc) is 2.28. The number of piperazine rings is 1. The van der Waals surface area contributed by atoms with Crippen LogP contribution in [0.1, 0.15) is 27.7 Å². The molecule has 1 aliphatic heterocycles. The zero-order chi connectivity index (χ0) is 13.9. The second-order valence-corrected chi connectivity index (χ2v) is 5.48. The number of carboxylic acid groups (broad SMARTS) is 1. The topological polar surface area (TPSA) is 72.9 Å². The van der Waals surface area contributed by atoms with Crippen molar-refractivity contribution in [2.75, 3.05) is 26.2 Å². The van der Waals surface area contributed by atoms with Crippen molar-refractivity contribution >= 4 is 12.0 Å². The summed E-state index contributed by atoms with van der Waals surface area (Å²) < 4.78 is 0. The molecule has 1 rings (SSSR count). The normalized spacial score (nSPS) is 17.9. The number of nitrogens with one attached hydrogen (secondary N) is 1. The highest BCUT2D eigenvalue weighted by molar-refractivity contribution is 5.85. The third-order valence-corrected chi connectivity index (χ3v) is 3.29. The minimum atomic E-state index is -1.23. The quantitative estimate of drug-likeness (QED) is 0.776. The van der Waals surface area contributed by atoms with Gasteiger partial charge < -0.3 is 15.3 Å². The first-order valence-electron chi connectivity index (χ1n) is 6.28. The maximum atomic E-state index is 11.9. The monoisotopic (exact) mass is 257 g/mol. The summed E-state index contributed by atoms with van der Waals surface area (Å²) in [4.78, 5) is 26.8. The first-order chi connectivity index (χ1) is 8.24. The number of hydrogen-bond donors (Lipinski definition) is 2. The molecule has 0 aromatic carbocycles. The summed E-state index contributed by atoms with van der Waals surface area (Å²) in [6.07, 6.45) is 0. The molecule has 2 amide bonds. The predicted molar refractivity (Wildman–Crippen MR) is 68.5 cm³/mol. The van der Waals surface area contributed by atoms with Crippen molar-refractivity contribution in [1.29, 1.82) is 0 Å². The van der Waals surface area contributed by atoms with Gasteiger partial charge in [-0.05, 0) is 27.7 Å². The molecule has 0 aliphatic carbocycles. The van der Waals surface area contributed by atoms with Crippen molar-refractivity contribution in [3.05, 3.63) is 0 Å². The molecule has 0 radical (unpaired) electrons. The van der Waals surface area contributed by atoms with Gasteiger partial charge in [0.05, 0.1) is 0 Å². The molecule has 1 saturated heterocycles. The van der Waals surface area contributed by atoms with Gasteiger partial charge in [-0.25, -0.2) is 9.59 Å². The van der Waals surface area contributed by atoms with Crippen LogP contribution in [0.2, 0.25) is 0 Å². The van der Waals surface area contributed by atoms with Gasteiger partial charge in [0.1, 0.15) is 5.54 Å². The van der Waals surface area contributed by atoms with Gasteiger partial charge >= 0.3 is 12.0 Å². The number of carbonyl (C=O) groups is 2. The molecule has 0 spiro atoms. The van der Waals surface area contributed by atoms with E-state index in [0.717, 1.165) is 13.1 Å². The summed E-state index contributed by atoms with van der Waals surface area (Å²) in [6, 6.07) is 0.177. The summed E-state index contributed by atoms with van der Waals surface area (Å²) in [5.41, 5.74) is -1.23. The predicted octanol–water partition coefficient (Wildman–Crippen LogP) is 0.585. The maximum absolute atomic E-state index is 11.9. The van der Waals surface area contributed by atoms with E-state index in [1.807, 2.05) is 0 Å². The standard InChI is InChI=1S/C12H23N3O3/c1-9(2)14-5-7-15(8-6-14)11(18)13-12(3,4)10(16)17/h9H,5-8H2,1-4H3,(H,13,18)(H,16,17). The minimum Gasteiger partial charge on any atom is -0.480 e. The van der Waals surface area contributed by atoms with E-state index in [1.54, 1.807) is 4.90 Å². The number of nitrogens with zero attached hydrogens (tertiary/aromatic N) is 2. The average molecular weight is 257 g/mol. The van der Waals surface area contributed by atoms with Crippen LogP contribution in [0.25, 0.3) is 0 Å². The van der Waals surface area contributed by atoms with E-state index >= 15 is 0 Å². The number of aliphatic carboxylic acids is 1. The first kappa shape index (κ1) is 14.8. The Kier molecular flexibility index (Phi) is 4.56. The van der Waals surface area contributed by atoms with E-state index in [4.69, 9.17) is 5.11 Å². The van der Waals surface area contributed by atoms with Crippen molar-refractivity contribution in [2.45, 2.75) is 39.3 Å². The third-order valence-electron chi connectivity index (χ3n) is 3.29. The number of amides is 2. The van der Waals surface area contributed by atoms with E-state index in [2.05, 4.69) is 24.1 Å². The lowest BCUT2D eigenvalue weighted by molar-refractivity contribution is -0.143. The highest BCUT2D eigenvalue weighted by Crippen LogP contribution is 2.08. The summed E-state index contributed by atoms with van der Waals surface area (Å²) in [7, 11) is 0. The van der Waals surface area contributed by atoms with Gasteiger partial charge in [-0.1, -0.05) is 0 Å². The Balaban J connectivity index is 2.48. The van der Waals surface area contributed by atoms with Crippen molar-refractivity contribution in [1.82, 2.24) is 15.1 Å². The molecule has 1 heterocycles. The van der Waals surface area contributed by atoms with Crippen LogP contribution < -0.4 is 5.32 Å². The molecule has 0 unspecified atom stereocenters. The molecule has 1 fully saturated rings. The number of carbonyl (C=O) groups excluding carboxylic acids is 1. The van der Waals surface area contributed by atoms with Crippen LogP contribution in [0.5, 0.6) is 0 Å². The fourth-order valence-corrected chi connectivity index (χ4v) is 1.84. The molecule has 18 heavy (non-hydrogen) atoms. The molecule has 6 heteroatoms. The van der Waals surface area contributed by atoms with Crippen molar-refractivity contribution in [3.63, 3.8) is 0 Å². The zero-order valence-electron chi connectivity index (χ0n) is 11.6. The summed E-state index contributed by atoms with van der Waals surface area (Å²) in [5, 5.41) is 11.5. The van der Waals surface area contributed by atoms with Gasteiger partial charge in [-0.3, -0.25) is 4.90 Å².